The van der Waals surface area contributed by atoms with Gasteiger partial charge in [-0.1, -0.05) is 0 Å². The van der Waals surface area contributed by atoms with E-state index in [0.717, 1.165) is 12.1 Å². The zero-order valence-electron chi connectivity index (χ0n) is 8.92. The van der Waals surface area contributed by atoms with Gasteiger partial charge in [0.05, 0.1) is 0 Å². The summed E-state index contributed by atoms with van der Waals surface area (Å²) in [7, 11) is 0. The van der Waals surface area contributed by atoms with E-state index in [4.69, 9.17) is 0 Å². The van der Waals surface area contributed by atoms with E-state index in [1.54, 1.807) is 0 Å². The van der Waals surface area contributed by atoms with Crippen molar-refractivity contribution in [3.8, 4) is 0 Å². The van der Waals surface area contributed by atoms with E-state index < -0.39 is 30.5 Å². The summed E-state index contributed by atoms with van der Waals surface area (Å²) in [4.78, 5) is 11.6. The zero-order valence-corrected chi connectivity index (χ0v) is 8.92. The van der Waals surface area contributed by atoms with Crippen molar-refractivity contribution in [1.82, 2.24) is 0 Å². The molecule has 0 aliphatic carbocycles. The minimum atomic E-state index is -4.47. The van der Waals surface area contributed by atoms with Crippen molar-refractivity contribution in [3.05, 3.63) is 35.6 Å². The van der Waals surface area contributed by atoms with Gasteiger partial charge in [-0.2, -0.15) is 13.2 Å². The molecule has 0 saturated carbocycles. The van der Waals surface area contributed by atoms with E-state index in [0.29, 0.717) is 0 Å². The van der Waals surface area contributed by atoms with E-state index in [2.05, 4.69) is 4.74 Å². The van der Waals surface area contributed by atoms with E-state index in [-0.39, 0.29) is 5.56 Å². The number of Topliss-reactive ketones (excluding diaryl/α,β-unsaturated/α-hetero) is 1. The monoisotopic (exact) mass is 250 g/mol. The Kier molecular flexibility index (Phi) is 4.22. The van der Waals surface area contributed by atoms with Crippen molar-refractivity contribution in [2.24, 2.45) is 0 Å². The molecule has 0 radical (unpaired) electrons. The van der Waals surface area contributed by atoms with Crippen LogP contribution in [0.15, 0.2) is 24.3 Å². The maximum atomic E-state index is 12.6. The van der Waals surface area contributed by atoms with Crippen molar-refractivity contribution < 1.29 is 27.1 Å². The van der Waals surface area contributed by atoms with Crippen LogP contribution in [0.25, 0.3) is 0 Å². The molecular formula is C11H10F4O2. The molecule has 0 aromatic heterocycles. The molecule has 0 saturated heterocycles. The fourth-order valence-corrected chi connectivity index (χ4v) is 1.14. The first-order valence-corrected chi connectivity index (χ1v) is 4.78. The number of hydrogen-bond donors (Lipinski definition) is 0. The third kappa shape index (κ3) is 4.52. The van der Waals surface area contributed by atoms with Crippen molar-refractivity contribution >= 4 is 5.78 Å². The number of ether oxygens (including phenoxy) is 1. The number of carbonyl (C=O) groups is 1. The quantitative estimate of drug-likeness (QED) is 0.606. The average Bonchev–Trinajstić information content (AvgIpc) is 2.25. The molecule has 1 aromatic carbocycles. The molecule has 0 bridgehead atoms. The van der Waals surface area contributed by atoms with E-state index in [1.165, 1.54) is 19.1 Å². The SMILES string of the molecule is CC(OCC(F)(F)F)C(=O)c1ccc(F)cc1. The number of benzene rings is 1. The number of ketones is 1. The summed E-state index contributed by atoms with van der Waals surface area (Å²) in [6.45, 7) is -0.265. The smallest absolute Gasteiger partial charge is 0.361 e. The highest BCUT2D eigenvalue weighted by atomic mass is 19.4. The predicted octanol–water partition coefficient (Wildman–Crippen LogP) is 2.98. The molecule has 1 aromatic rings. The minimum Gasteiger partial charge on any atom is -0.361 e. The van der Waals surface area contributed by atoms with E-state index >= 15 is 0 Å². The van der Waals surface area contributed by atoms with Gasteiger partial charge in [0, 0.05) is 5.56 Å². The second-order valence-corrected chi connectivity index (χ2v) is 3.44. The third-order valence-electron chi connectivity index (χ3n) is 1.99. The summed E-state index contributed by atoms with van der Waals surface area (Å²) >= 11 is 0. The van der Waals surface area contributed by atoms with Gasteiger partial charge in [0.25, 0.3) is 0 Å². The summed E-state index contributed by atoms with van der Waals surface area (Å²) in [6.07, 6.45) is -5.70. The molecule has 0 aliphatic rings. The van der Waals surface area contributed by atoms with Gasteiger partial charge in [-0.15, -0.1) is 0 Å². The van der Waals surface area contributed by atoms with Crippen LogP contribution in [0.3, 0.4) is 0 Å². The highest BCUT2D eigenvalue weighted by Crippen LogP contribution is 2.16. The molecule has 0 heterocycles. The lowest BCUT2D eigenvalue weighted by Gasteiger charge is -2.13. The summed E-state index contributed by atoms with van der Waals surface area (Å²) < 4.78 is 52.5. The van der Waals surface area contributed by atoms with Gasteiger partial charge in [-0.3, -0.25) is 4.79 Å². The standard InChI is InChI=1S/C11H10F4O2/c1-7(17-6-11(13,14)15)10(16)8-2-4-9(12)5-3-8/h2-5,7H,6H2,1H3. The van der Waals surface area contributed by atoms with Crippen LogP contribution in [0.5, 0.6) is 0 Å². The molecule has 94 valence electrons. The molecule has 0 amide bonds. The molecule has 1 atom stereocenters. The van der Waals surface area contributed by atoms with Crippen LogP contribution < -0.4 is 0 Å². The Balaban J connectivity index is 2.61. The Hall–Kier alpha value is -1.43. The van der Waals surface area contributed by atoms with Crippen molar-refractivity contribution in [2.45, 2.75) is 19.2 Å². The Bertz CT molecular complexity index is 383. The Labute approximate surface area is 95.2 Å². The van der Waals surface area contributed by atoms with Gasteiger partial charge in [-0.25, -0.2) is 4.39 Å². The molecule has 17 heavy (non-hydrogen) atoms. The van der Waals surface area contributed by atoms with Gasteiger partial charge in [0.1, 0.15) is 18.5 Å². The fourth-order valence-electron chi connectivity index (χ4n) is 1.14. The Morgan fingerprint density at radius 3 is 2.29 bits per heavy atom. The largest absolute Gasteiger partial charge is 0.411 e. The highest BCUT2D eigenvalue weighted by molar-refractivity contribution is 5.99. The number of alkyl halides is 3. The van der Waals surface area contributed by atoms with Crippen molar-refractivity contribution in [1.29, 1.82) is 0 Å². The molecule has 0 aliphatic heterocycles. The maximum absolute atomic E-state index is 12.6. The zero-order chi connectivity index (χ0) is 13.1. The van der Waals surface area contributed by atoms with Crippen LogP contribution in [0.4, 0.5) is 17.6 Å². The van der Waals surface area contributed by atoms with Crippen LogP contribution in [0, 0.1) is 5.82 Å². The molecule has 2 nitrogen and oxygen atoms in total. The van der Waals surface area contributed by atoms with Gasteiger partial charge < -0.3 is 4.74 Å². The first-order valence-electron chi connectivity index (χ1n) is 4.78. The molecule has 0 N–H and O–H groups in total. The van der Waals surface area contributed by atoms with Crippen LogP contribution in [0.2, 0.25) is 0 Å². The van der Waals surface area contributed by atoms with E-state index in [1.807, 2.05) is 0 Å². The first-order chi connectivity index (χ1) is 7.79. The minimum absolute atomic E-state index is 0.112. The van der Waals surface area contributed by atoms with Crippen LogP contribution >= 0.6 is 0 Å². The summed E-state index contributed by atoms with van der Waals surface area (Å²) in [5, 5.41) is 0. The van der Waals surface area contributed by atoms with Gasteiger partial charge in [-0.05, 0) is 31.2 Å². The van der Waals surface area contributed by atoms with Crippen LogP contribution in [-0.2, 0) is 4.74 Å². The number of halogens is 4. The molecule has 0 fully saturated rings. The maximum Gasteiger partial charge on any atom is 0.411 e. The van der Waals surface area contributed by atoms with Gasteiger partial charge in [0.2, 0.25) is 0 Å². The van der Waals surface area contributed by atoms with Crippen molar-refractivity contribution in [2.75, 3.05) is 6.61 Å². The van der Waals surface area contributed by atoms with Gasteiger partial charge >= 0.3 is 6.18 Å². The van der Waals surface area contributed by atoms with Crippen LogP contribution in [-0.4, -0.2) is 24.7 Å². The summed E-state index contributed by atoms with van der Waals surface area (Å²) in [5.41, 5.74) is 0.112. The lowest BCUT2D eigenvalue weighted by Crippen LogP contribution is -2.27. The fraction of sp³-hybridized carbons (Fsp3) is 0.364. The molecule has 0 spiro atoms. The van der Waals surface area contributed by atoms with Crippen LogP contribution in [0.1, 0.15) is 17.3 Å². The average molecular weight is 250 g/mol. The second kappa shape index (κ2) is 5.27. The number of carbonyl (C=O) groups excluding carboxylic acids is 1. The lowest BCUT2D eigenvalue weighted by atomic mass is 10.1. The predicted molar refractivity (Wildman–Crippen MR) is 52.2 cm³/mol. The molecule has 1 unspecified atom stereocenters. The number of hydrogen-bond acceptors (Lipinski definition) is 2. The Morgan fingerprint density at radius 2 is 1.82 bits per heavy atom. The third-order valence-corrected chi connectivity index (χ3v) is 1.99. The van der Waals surface area contributed by atoms with Gasteiger partial charge in [0.15, 0.2) is 5.78 Å². The topological polar surface area (TPSA) is 26.3 Å². The van der Waals surface area contributed by atoms with Crippen molar-refractivity contribution in [3.63, 3.8) is 0 Å². The first kappa shape index (κ1) is 13.6. The summed E-state index contributed by atoms with van der Waals surface area (Å²) in [5.74, 6) is -1.14. The summed E-state index contributed by atoms with van der Waals surface area (Å²) in [6, 6.07) is 4.52. The molecule has 6 heteroatoms. The highest BCUT2D eigenvalue weighted by Gasteiger charge is 2.30. The molecule has 1 rings (SSSR count). The Morgan fingerprint density at radius 1 is 1.29 bits per heavy atom. The lowest BCUT2D eigenvalue weighted by molar-refractivity contribution is -0.179. The van der Waals surface area contributed by atoms with E-state index in [9.17, 15) is 22.4 Å². The molecular weight excluding hydrogens is 240 g/mol. The normalized spacial score (nSPS) is 13.5. The number of rotatable bonds is 4. The second-order valence-electron chi connectivity index (χ2n) is 3.44.